The number of Topliss-reactive ketones (excluding diaryl/α,β-unsaturated/α-hetero) is 1. The van der Waals surface area contributed by atoms with Crippen LogP contribution >= 0.6 is 11.6 Å². The highest BCUT2D eigenvalue weighted by atomic mass is 35.5. The zero-order valence-electron chi connectivity index (χ0n) is 15.9. The molecule has 0 aliphatic carbocycles. The molecule has 0 saturated carbocycles. The minimum absolute atomic E-state index is 0.0805. The zero-order chi connectivity index (χ0) is 20.1. The zero-order valence-corrected chi connectivity index (χ0v) is 16.6. The Morgan fingerprint density at radius 3 is 2.75 bits per heavy atom. The minimum atomic E-state index is -0.985. The van der Waals surface area contributed by atoms with Gasteiger partial charge < -0.3 is 14.6 Å². The van der Waals surface area contributed by atoms with E-state index in [1.54, 1.807) is 23.1 Å². The number of benzene rings is 2. The summed E-state index contributed by atoms with van der Waals surface area (Å²) in [6.45, 7) is 4.48. The summed E-state index contributed by atoms with van der Waals surface area (Å²) in [7, 11) is -0.985. The molecule has 2 aliphatic rings. The average Bonchev–Trinajstić information content (AvgIpc) is 3.15. The van der Waals surface area contributed by atoms with Gasteiger partial charge in [-0.1, -0.05) is 29.8 Å². The van der Waals surface area contributed by atoms with Gasteiger partial charge in [0.1, 0.15) is 0 Å². The molecule has 2 heterocycles. The van der Waals surface area contributed by atoms with Crippen LogP contribution in [0.2, 0.25) is 5.02 Å². The van der Waals surface area contributed by atoms with Gasteiger partial charge in [0.2, 0.25) is 5.91 Å². The van der Waals surface area contributed by atoms with Crippen molar-refractivity contribution in [2.45, 2.75) is 38.7 Å². The second-order valence-electron chi connectivity index (χ2n) is 7.82. The van der Waals surface area contributed by atoms with Crippen LogP contribution < -0.4 is 10.4 Å². The molecule has 0 bridgehead atoms. The molecule has 1 saturated heterocycles. The third-order valence-corrected chi connectivity index (χ3v) is 5.75. The van der Waals surface area contributed by atoms with Crippen molar-refractivity contribution < 1.29 is 19.3 Å². The highest BCUT2D eigenvalue weighted by Crippen LogP contribution is 2.31. The van der Waals surface area contributed by atoms with Gasteiger partial charge in [-0.05, 0) is 55.1 Å². The number of amides is 1. The fraction of sp³-hybridized carbons (Fsp3) is 0.333. The summed E-state index contributed by atoms with van der Waals surface area (Å²) in [5.41, 5.74) is 3.01. The van der Waals surface area contributed by atoms with Gasteiger partial charge in [0.25, 0.3) is 0 Å². The van der Waals surface area contributed by atoms with Crippen molar-refractivity contribution in [3.63, 3.8) is 0 Å². The van der Waals surface area contributed by atoms with Crippen molar-refractivity contribution in [1.29, 1.82) is 0 Å². The summed E-state index contributed by atoms with van der Waals surface area (Å²) < 4.78 is 5.57. The van der Waals surface area contributed by atoms with Gasteiger partial charge in [0.05, 0.1) is 10.6 Å². The summed E-state index contributed by atoms with van der Waals surface area (Å²) in [6, 6.07) is 10.7. The molecule has 0 unspecified atom stereocenters. The Labute approximate surface area is 169 Å². The molecule has 144 valence electrons. The number of carbonyl (C=O) groups is 2. The van der Waals surface area contributed by atoms with Crippen LogP contribution in [-0.2, 0) is 21.5 Å². The van der Waals surface area contributed by atoms with E-state index >= 15 is 0 Å². The Hall–Kier alpha value is -2.15. The molecular formula is C21H21BClNO4. The average molecular weight is 398 g/mol. The third-order valence-electron chi connectivity index (χ3n) is 5.44. The topological polar surface area (TPSA) is 66.8 Å². The molecule has 0 atom stereocenters. The summed E-state index contributed by atoms with van der Waals surface area (Å²) in [4.78, 5) is 26.4. The standard InChI is InChI=1S/C21H21BClNO4/c1-21(2)16-8-5-13(10-17(16)22(27)28-21)11-19(25)15-7-6-14(12-18(15)23)24-9-3-4-20(24)26/h5-8,10,12,27H,3-4,9,11H2,1-2H3. The number of halogens is 1. The van der Waals surface area contributed by atoms with Gasteiger partial charge >= 0.3 is 7.12 Å². The molecule has 1 amide bonds. The maximum absolute atomic E-state index is 12.8. The van der Waals surface area contributed by atoms with Crippen molar-refractivity contribution in [2.24, 2.45) is 0 Å². The maximum Gasteiger partial charge on any atom is 0.492 e. The summed E-state index contributed by atoms with van der Waals surface area (Å²) in [5, 5.41) is 10.5. The summed E-state index contributed by atoms with van der Waals surface area (Å²) in [5.74, 6) is -0.0334. The van der Waals surface area contributed by atoms with Crippen molar-refractivity contribution in [3.05, 3.63) is 58.1 Å². The van der Waals surface area contributed by atoms with E-state index in [0.717, 1.165) is 23.2 Å². The Kier molecular flexibility index (Phi) is 4.82. The lowest BCUT2D eigenvalue weighted by Gasteiger charge is -2.19. The molecule has 5 nitrogen and oxygen atoms in total. The van der Waals surface area contributed by atoms with Crippen LogP contribution in [0.5, 0.6) is 0 Å². The van der Waals surface area contributed by atoms with Crippen LogP contribution in [0.3, 0.4) is 0 Å². The molecule has 0 spiro atoms. The van der Waals surface area contributed by atoms with Gasteiger partial charge in [0, 0.05) is 30.6 Å². The van der Waals surface area contributed by atoms with Crippen LogP contribution in [0.4, 0.5) is 5.69 Å². The van der Waals surface area contributed by atoms with Gasteiger partial charge in [-0.25, -0.2) is 0 Å². The molecular weight excluding hydrogens is 376 g/mol. The molecule has 7 heteroatoms. The van der Waals surface area contributed by atoms with Crippen LogP contribution in [0.25, 0.3) is 0 Å². The number of carbonyl (C=O) groups excluding carboxylic acids is 2. The third kappa shape index (κ3) is 3.36. The first-order valence-electron chi connectivity index (χ1n) is 9.38. The monoisotopic (exact) mass is 397 g/mol. The van der Waals surface area contributed by atoms with E-state index in [1.165, 1.54) is 0 Å². The molecule has 2 aromatic rings. The molecule has 0 radical (unpaired) electrons. The molecule has 4 rings (SSSR count). The van der Waals surface area contributed by atoms with Crippen molar-refractivity contribution in [2.75, 3.05) is 11.4 Å². The quantitative estimate of drug-likeness (QED) is 0.636. The van der Waals surface area contributed by atoms with E-state index in [9.17, 15) is 14.6 Å². The van der Waals surface area contributed by atoms with Crippen LogP contribution in [0.1, 0.15) is 48.2 Å². The van der Waals surface area contributed by atoms with Gasteiger partial charge in [-0.15, -0.1) is 0 Å². The first-order valence-corrected chi connectivity index (χ1v) is 9.76. The Balaban J connectivity index is 1.55. The van der Waals surface area contributed by atoms with Gasteiger partial charge in [-0.3, -0.25) is 9.59 Å². The number of anilines is 1. The number of hydrogen-bond acceptors (Lipinski definition) is 4. The molecule has 1 fully saturated rings. The largest absolute Gasteiger partial charge is 0.492 e. The van der Waals surface area contributed by atoms with Crippen LogP contribution in [-0.4, -0.2) is 30.4 Å². The number of hydrogen-bond donors (Lipinski definition) is 1. The van der Waals surface area contributed by atoms with E-state index in [-0.39, 0.29) is 18.1 Å². The van der Waals surface area contributed by atoms with E-state index in [1.807, 2.05) is 32.0 Å². The van der Waals surface area contributed by atoms with E-state index in [4.69, 9.17) is 16.3 Å². The van der Waals surface area contributed by atoms with Crippen molar-refractivity contribution >= 4 is 41.6 Å². The summed E-state index contributed by atoms with van der Waals surface area (Å²) >= 11 is 6.35. The van der Waals surface area contributed by atoms with E-state index in [0.29, 0.717) is 29.0 Å². The second kappa shape index (κ2) is 7.03. The SMILES string of the molecule is CC1(C)OB(O)c2cc(CC(=O)c3ccc(N4CCCC4=O)cc3Cl)ccc21. The number of ketones is 1. The fourth-order valence-electron chi connectivity index (χ4n) is 3.98. The first kappa shape index (κ1) is 19.2. The Morgan fingerprint density at radius 1 is 1.29 bits per heavy atom. The lowest BCUT2D eigenvalue weighted by Crippen LogP contribution is -2.29. The van der Waals surface area contributed by atoms with Gasteiger partial charge in [0.15, 0.2) is 5.78 Å². The lowest BCUT2D eigenvalue weighted by atomic mass is 9.77. The summed E-state index contributed by atoms with van der Waals surface area (Å²) in [6.07, 6.45) is 1.55. The fourth-order valence-corrected chi connectivity index (χ4v) is 4.26. The van der Waals surface area contributed by atoms with Gasteiger partial charge in [-0.2, -0.15) is 0 Å². The van der Waals surface area contributed by atoms with Crippen molar-refractivity contribution in [1.82, 2.24) is 0 Å². The molecule has 2 aliphatic heterocycles. The molecule has 1 N–H and O–H groups in total. The van der Waals surface area contributed by atoms with E-state index < -0.39 is 12.7 Å². The molecule has 28 heavy (non-hydrogen) atoms. The predicted octanol–water partition coefficient (Wildman–Crippen LogP) is 2.85. The second-order valence-corrected chi connectivity index (χ2v) is 8.22. The number of fused-ring (bicyclic) bond motifs is 1. The van der Waals surface area contributed by atoms with Crippen LogP contribution in [0.15, 0.2) is 36.4 Å². The highest BCUT2D eigenvalue weighted by molar-refractivity contribution is 6.62. The highest BCUT2D eigenvalue weighted by Gasteiger charge is 2.40. The Morgan fingerprint density at radius 2 is 2.07 bits per heavy atom. The van der Waals surface area contributed by atoms with Crippen molar-refractivity contribution in [3.8, 4) is 0 Å². The Bertz CT molecular complexity index is 975. The maximum atomic E-state index is 12.8. The molecule has 2 aromatic carbocycles. The van der Waals surface area contributed by atoms with E-state index in [2.05, 4.69) is 0 Å². The van der Waals surface area contributed by atoms with Crippen LogP contribution in [0, 0.1) is 0 Å². The molecule has 0 aromatic heterocycles. The number of rotatable bonds is 4. The first-order chi connectivity index (χ1) is 13.3. The number of nitrogens with zero attached hydrogens (tertiary/aromatic N) is 1. The predicted molar refractivity (Wildman–Crippen MR) is 109 cm³/mol. The normalized spacial score (nSPS) is 17.9. The minimum Gasteiger partial charge on any atom is -0.423 e. The lowest BCUT2D eigenvalue weighted by molar-refractivity contribution is -0.117. The smallest absolute Gasteiger partial charge is 0.423 e.